The quantitative estimate of drug-likeness (QED) is 0.496. The number of rotatable bonds is 8. The Morgan fingerprint density at radius 1 is 1.09 bits per heavy atom. The second kappa shape index (κ2) is 10.1. The minimum atomic E-state index is -1.56. The third kappa shape index (κ3) is 4.89. The maximum Gasteiger partial charge on any atom is 0.343 e. The van der Waals surface area contributed by atoms with E-state index >= 15 is 0 Å². The van der Waals surface area contributed by atoms with Gasteiger partial charge in [-0.2, -0.15) is 0 Å². The van der Waals surface area contributed by atoms with Crippen molar-refractivity contribution in [2.24, 2.45) is 5.92 Å². The Bertz CT molecular complexity index is 869. The van der Waals surface area contributed by atoms with E-state index in [-0.39, 0.29) is 12.0 Å². The second-order valence-electron chi connectivity index (χ2n) is 9.90. The highest BCUT2D eigenvalue weighted by Crippen LogP contribution is 2.40. The molecule has 1 aromatic carbocycles. The average Bonchev–Trinajstić information content (AvgIpc) is 3.23. The van der Waals surface area contributed by atoms with Gasteiger partial charge in [0.15, 0.2) is 5.60 Å². The molecule has 1 aliphatic heterocycles. The highest BCUT2D eigenvalue weighted by molar-refractivity contribution is 5.81. The van der Waals surface area contributed by atoms with Crippen LogP contribution in [0, 0.1) is 5.92 Å². The van der Waals surface area contributed by atoms with Crippen molar-refractivity contribution in [3.8, 4) is 0 Å². The number of ether oxygens (including phenoxy) is 1. The molecule has 1 aromatic heterocycles. The van der Waals surface area contributed by atoms with E-state index in [9.17, 15) is 9.90 Å². The monoisotopic (exact) mass is 437 g/mol. The minimum Gasteiger partial charge on any atom is -0.457 e. The summed E-state index contributed by atoms with van der Waals surface area (Å²) in [5.41, 5.74) is 0.349. The molecule has 5 nitrogen and oxygen atoms in total. The molecule has 2 heterocycles. The molecular weight excluding hydrogens is 400 g/mol. The fourth-order valence-electron chi connectivity index (χ4n) is 5.69. The van der Waals surface area contributed by atoms with Crippen molar-refractivity contribution in [1.82, 2.24) is 4.98 Å². The first-order valence-corrected chi connectivity index (χ1v) is 12.2. The number of carbonyl (C=O) groups is 1. The average molecular weight is 438 g/mol. The topological polar surface area (TPSA) is 59.4 Å². The molecule has 1 N–H and O–H groups in total. The summed E-state index contributed by atoms with van der Waals surface area (Å²) in [4.78, 5) is 17.7. The Balaban J connectivity index is 1.44. The van der Waals surface area contributed by atoms with Crippen molar-refractivity contribution in [3.63, 3.8) is 0 Å². The van der Waals surface area contributed by atoms with Crippen LogP contribution in [0.1, 0.15) is 56.1 Å². The number of aromatic nitrogens is 1. The van der Waals surface area contributed by atoms with Crippen molar-refractivity contribution in [1.29, 1.82) is 0 Å². The summed E-state index contributed by atoms with van der Waals surface area (Å²) < 4.78 is 6.83. The van der Waals surface area contributed by atoms with Gasteiger partial charge in [0.05, 0.1) is 20.1 Å². The predicted octanol–water partition coefficient (Wildman–Crippen LogP) is 4.24. The fourth-order valence-corrected chi connectivity index (χ4v) is 5.69. The van der Waals surface area contributed by atoms with E-state index < -0.39 is 11.6 Å². The van der Waals surface area contributed by atoms with Crippen LogP contribution in [0.2, 0.25) is 0 Å². The Labute approximate surface area is 192 Å². The number of hydrogen-bond donors (Lipinski definition) is 1. The number of likely N-dealkylation sites (N-methyl/N-ethyl adjacent to an activating group) is 1. The van der Waals surface area contributed by atoms with E-state index in [1.54, 1.807) is 6.20 Å². The summed E-state index contributed by atoms with van der Waals surface area (Å²) in [5.74, 6) is -0.553. The van der Waals surface area contributed by atoms with Crippen LogP contribution >= 0.6 is 0 Å². The highest BCUT2D eigenvalue weighted by Gasteiger charge is 2.48. The third-order valence-corrected chi connectivity index (χ3v) is 7.85. The van der Waals surface area contributed by atoms with E-state index in [2.05, 4.69) is 18.1 Å². The number of carbonyl (C=O) groups excluding carboxylic acids is 1. The first kappa shape index (κ1) is 22.9. The Morgan fingerprint density at radius 2 is 1.88 bits per heavy atom. The predicted molar refractivity (Wildman–Crippen MR) is 125 cm³/mol. The lowest BCUT2D eigenvalue weighted by molar-refractivity contribution is -0.921. The molecule has 0 spiro atoms. The molecule has 1 saturated heterocycles. The van der Waals surface area contributed by atoms with Crippen molar-refractivity contribution in [2.75, 3.05) is 26.7 Å². The molecule has 2 unspecified atom stereocenters. The molecule has 0 amide bonds. The van der Waals surface area contributed by atoms with Gasteiger partial charge in [0, 0.05) is 37.6 Å². The van der Waals surface area contributed by atoms with Gasteiger partial charge in [0.25, 0.3) is 0 Å². The zero-order valence-corrected chi connectivity index (χ0v) is 19.3. The summed E-state index contributed by atoms with van der Waals surface area (Å²) >= 11 is 0. The molecule has 0 radical (unpaired) electrons. The van der Waals surface area contributed by atoms with Gasteiger partial charge in [0.2, 0.25) is 0 Å². The largest absolute Gasteiger partial charge is 0.457 e. The number of likely N-dealkylation sites (tertiary alicyclic amines) is 1. The number of quaternary nitrogens is 1. The SMILES string of the molecule is C[N+]1(CCc2cccnc2)CCCC1COC(=O)[C@](O)(c1ccccc1)C1CCCCC1. The molecule has 1 aliphatic carbocycles. The van der Waals surface area contributed by atoms with Gasteiger partial charge in [0.1, 0.15) is 12.6 Å². The fraction of sp³-hybridized carbons (Fsp3) is 0.556. The van der Waals surface area contributed by atoms with Gasteiger partial charge in [-0.1, -0.05) is 55.7 Å². The standard InChI is InChI=1S/C27H37N2O3/c1-29(19-16-22-10-8-17-28-20-22)18-9-15-25(29)21-32-26(30)27(31,23-11-4-2-5-12-23)24-13-6-3-7-14-24/h2,4-5,8,10-12,17,20,24-25,31H,3,6-7,9,13-16,18-19,21H2,1H3/q+1/t25?,27-,29?/m0/s1. The molecular formula is C27H37N2O3+. The van der Waals surface area contributed by atoms with Crippen LogP contribution in [-0.2, 0) is 21.6 Å². The van der Waals surface area contributed by atoms with Crippen LogP contribution in [0.3, 0.4) is 0 Å². The molecule has 4 rings (SSSR count). The Morgan fingerprint density at radius 3 is 2.59 bits per heavy atom. The maximum atomic E-state index is 13.4. The molecule has 2 aliphatic rings. The van der Waals surface area contributed by atoms with Crippen LogP contribution in [0.4, 0.5) is 0 Å². The van der Waals surface area contributed by atoms with Gasteiger partial charge in [-0.3, -0.25) is 4.98 Å². The van der Waals surface area contributed by atoms with Gasteiger partial charge in [-0.15, -0.1) is 0 Å². The lowest BCUT2D eigenvalue weighted by Crippen LogP contribution is -2.52. The summed E-state index contributed by atoms with van der Waals surface area (Å²) in [7, 11) is 2.27. The molecule has 32 heavy (non-hydrogen) atoms. The number of esters is 1. The van der Waals surface area contributed by atoms with Crippen molar-refractivity contribution >= 4 is 5.97 Å². The Hall–Kier alpha value is -2.24. The molecule has 5 heteroatoms. The van der Waals surface area contributed by atoms with E-state index in [0.29, 0.717) is 12.2 Å². The van der Waals surface area contributed by atoms with Crippen molar-refractivity contribution in [3.05, 3.63) is 66.0 Å². The van der Waals surface area contributed by atoms with E-state index in [1.165, 1.54) is 12.0 Å². The summed E-state index contributed by atoms with van der Waals surface area (Å²) in [5, 5.41) is 11.7. The lowest BCUT2D eigenvalue weighted by atomic mass is 9.73. The van der Waals surface area contributed by atoms with Gasteiger partial charge < -0.3 is 14.3 Å². The normalized spacial score (nSPS) is 25.9. The van der Waals surface area contributed by atoms with Crippen molar-refractivity contribution in [2.45, 2.75) is 63.0 Å². The Kier molecular flexibility index (Phi) is 7.27. The van der Waals surface area contributed by atoms with Crippen LogP contribution in [-0.4, -0.2) is 53.3 Å². The van der Waals surface area contributed by atoms with Crippen LogP contribution in [0.25, 0.3) is 0 Å². The minimum absolute atomic E-state index is 0.0822. The highest BCUT2D eigenvalue weighted by atomic mass is 16.6. The lowest BCUT2D eigenvalue weighted by Gasteiger charge is -2.39. The summed E-state index contributed by atoms with van der Waals surface area (Å²) in [6.45, 7) is 2.46. The third-order valence-electron chi connectivity index (χ3n) is 7.85. The first-order chi connectivity index (χ1) is 15.5. The first-order valence-electron chi connectivity index (χ1n) is 12.2. The number of pyridine rings is 1. The van der Waals surface area contributed by atoms with E-state index in [4.69, 9.17) is 4.74 Å². The van der Waals surface area contributed by atoms with Crippen molar-refractivity contribution < 1.29 is 19.1 Å². The molecule has 172 valence electrons. The molecule has 3 atom stereocenters. The van der Waals surface area contributed by atoms with E-state index in [1.807, 2.05) is 42.6 Å². The van der Waals surface area contributed by atoms with Gasteiger partial charge in [-0.05, 0) is 30.0 Å². The number of hydrogen-bond acceptors (Lipinski definition) is 4. The molecule has 0 bridgehead atoms. The van der Waals surface area contributed by atoms with E-state index in [0.717, 1.165) is 62.5 Å². The molecule has 2 aromatic rings. The van der Waals surface area contributed by atoms with Gasteiger partial charge in [-0.25, -0.2) is 4.79 Å². The maximum absolute atomic E-state index is 13.4. The zero-order chi connectivity index (χ0) is 22.4. The summed E-state index contributed by atoms with van der Waals surface area (Å²) in [6.07, 6.45) is 11.9. The number of nitrogens with zero attached hydrogens (tertiary/aromatic N) is 2. The number of benzene rings is 1. The molecule has 2 fully saturated rings. The molecule has 1 saturated carbocycles. The second-order valence-corrected chi connectivity index (χ2v) is 9.90. The van der Waals surface area contributed by atoms with Crippen LogP contribution < -0.4 is 0 Å². The smallest absolute Gasteiger partial charge is 0.343 e. The summed E-state index contributed by atoms with van der Waals surface area (Å²) in [6, 6.07) is 13.8. The zero-order valence-electron chi connectivity index (χ0n) is 19.3. The van der Waals surface area contributed by atoms with Crippen LogP contribution in [0.5, 0.6) is 0 Å². The number of aliphatic hydroxyl groups is 1. The van der Waals surface area contributed by atoms with Gasteiger partial charge >= 0.3 is 5.97 Å². The van der Waals surface area contributed by atoms with Crippen LogP contribution in [0.15, 0.2) is 54.9 Å².